The summed E-state index contributed by atoms with van der Waals surface area (Å²) in [5, 5.41) is 13.5. The summed E-state index contributed by atoms with van der Waals surface area (Å²) in [6.07, 6.45) is 2.25. The summed E-state index contributed by atoms with van der Waals surface area (Å²) in [5.41, 5.74) is 2.18. The maximum Gasteiger partial charge on any atom is 0.0942 e. The first-order valence-electron chi connectivity index (χ1n) is 5.78. The van der Waals surface area contributed by atoms with Gasteiger partial charge in [-0.05, 0) is 18.9 Å². The van der Waals surface area contributed by atoms with Crippen molar-refractivity contribution in [1.82, 2.24) is 5.32 Å². The van der Waals surface area contributed by atoms with Gasteiger partial charge in [0.15, 0.2) is 0 Å². The Morgan fingerprint density at radius 2 is 2.00 bits per heavy atom. The normalized spacial score (nSPS) is 14.4. The van der Waals surface area contributed by atoms with E-state index in [-0.39, 0.29) is 6.04 Å². The lowest BCUT2D eigenvalue weighted by Gasteiger charge is -2.22. The third-order valence-corrected chi connectivity index (χ3v) is 2.76. The molecule has 0 saturated heterocycles. The molecule has 1 aromatic rings. The SMILES string of the molecule is C=CCNC(CC)C(O)c1ccc(C)cc1. The first-order valence-corrected chi connectivity index (χ1v) is 5.78. The summed E-state index contributed by atoms with van der Waals surface area (Å²) in [6, 6.07) is 8.11. The van der Waals surface area contributed by atoms with Gasteiger partial charge in [0.25, 0.3) is 0 Å². The van der Waals surface area contributed by atoms with Gasteiger partial charge in [-0.3, -0.25) is 0 Å². The largest absolute Gasteiger partial charge is 0.387 e. The first kappa shape index (κ1) is 12.9. The van der Waals surface area contributed by atoms with Crippen molar-refractivity contribution >= 4 is 0 Å². The number of nitrogens with one attached hydrogen (secondary N) is 1. The molecule has 0 fully saturated rings. The Kier molecular flexibility index (Phi) is 5.23. The molecule has 0 radical (unpaired) electrons. The quantitative estimate of drug-likeness (QED) is 0.721. The topological polar surface area (TPSA) is 32.3 Å². The molecule has 0 aliphatic rings. The van der Waals surface area contributed by atoms with Gasteiger partial charge in [-0.2, -0.15) is 0 Å². The van der Waals surface area contributed by atoms with Crippen LogP contribution < -0.4 is 5.32 Å². The van der Waals surface area contributed by atoms with Crippen molar-refractivity contribution in [2.45, 2.75) is 32.4 Å². The molecule has 1 rings (SSSR count). The van der Waals surface area contributed by atoms with E-state index in [9.17, 15) is 5.11 Å². The lowest BCUT2D eigenvalue weighted by atomic mass is 9.99. The van der Waals surface area contributed by atoms with E-state index in [0.29, 0.717) is 0 Å². The maximum atomic E-state index is 10.2. The van der Waals surface area contributed by atoms with Gasteiger partial charge in [-0.1, -0.05) is 42.8 Å². The van der Waals surface area contributed by atoms with Gasteiger partial charge in [0, 0.05) is 12.6 Å². The van der Waals surface area contributed by atoms with Gasteiger partial charge in [0.05, 0.1) is 6.10 Å². The van der Waals surface area contributed by atoms with Crippen LogP contribution in [0.4, 0.5) is 0 Å². The molecule has 0 saturated carbocycles. The molecule has 0 spiro atoms. The van der Waals surface area contributed by atoms with Crippen LogP contribution in [0.25, 0.3) is 0 Å². The standard InChI is InChI=1S/C14H21NO/c1-4-10-15-13(5-2)14(16)12-8-6-11(3)7-9-12/h4,6-9,13-16H,1,5,10H2,2-3H3. The van der Waals surface area contributed by atoms with Crippen molar-refractivity contribution < 1.29 is 5.11 Å². The predicted molar refractivity (Wildman–Crippen MR) is 68.4 cm³/mol. The van der Waals surface area contributed by atoms with Crippen molar-refractivity contribution in [3.8, 4) is 0 Å². The lowest BCUT2D eigenvalue weighted by molar-refractivity contribution is 0.128. The molecule has 88 valence electrons. The van der Waals surface area contributed by atoms with E-state index in [1.54, 1.807) is 0 Å². The highest BCUT2D eigenvalue weighted by molar-refractivity contribution is 5.24. The zero-order valence-corrected chi connectivity index (χ0v) is 10.1. The minimum absolute atomic E-state index is 0.0840. The Bertz CT molecular complexity index is 318. The summed E-state index contributed by atoms with van der Waals surface area (Å²) in [4.78, 5) is 0. The Hall–Kier alpha value is -1.12. The smallest absolute Gasteiger partial charge is 0.0942 e. The maximum absolute atomic E-state index is 10.2. The molecule has 2 atom stereocenters. The second-order valence-corrected chi connectivity index (χ2v) is 4.07. The zero-order chi connectivity index (χ0) is 12.0. The zero-order valence-electron chi connectivity index (χ0n) is 10.1. The van der Waals surface area contributed by atoms with Crippen molar-refractivity contribution in [2.24, 2.45) is 0 Å². The number of aryl methyl sites for hydroxylation is 1. The second-order valence-electron chi connectivity index (χ2n) is 4.07. The van der Waals surface area contributed by atoms with Crippen LogP contribution >= 0.6 is 0 Å². The van der Waals surface area contributed by atoms with Crippen LogP contribution in [0, 0.1) is 6.92 Å². The Morgan fingerprint density at radius 1 is 1.38 bits per heavy atom. The van der Waals surface area contributed by atoms with Gasteiger partial charge in [0.2, 0.25) is 0 Å². The Balaban J connectivity index is 2.69. The molecule has 0 amide bonds. The highest BCUT2D eigenvalue weighted by Gasteiger charge is 2.17. The van der Waals surface area contributed by atoms with Crippen molar-refractivity contribution in [1.29, 1.82) is 0 Å². The third-order valence-electron chi connectivity index (χ3n) is 2.76. The van der Waals surface area contributed by atoms with Crippen LogP contribution in [0.15, 0.2) is 36.9 Å². The highest BCUT2D eigenvalue weighted by atomic mass is 16.3. The molecule has 1 aromatic carbocycles. The van der Waals surface area contributed by atoms with E-state index in [1.165, 1.54) is 5.56 Å². The molecular weight excluding hydrogens is 198 g/mol. The number of aliphatic hydroxyl groups is 1. The average Bonchev–Trinajstić information content (AvgIpc) is 2.30. The number of benzene rings is 1. The van der Waals surface area contributed by atoms with Crippen LogP contribution in [0.5, 0.6) is 0 Å². The molecule has 2 N–H and O–H groups in total. The number of rotatable bonds is 6. The number of aliphatic hydroxyl groups excluding tert-OH is 1. The number of hydrogen-bond acceptors (Lipinski definition) is 2. The van der Waals surface area contributed by atoms with Crippen molar-refractivity contribution in [3.63, 3.8) is 0 Å². The summed E-state index contributed by atoms with van der Waals surface area (Å²) < 4.78 is 0. The Labute approximate surface area is 98.0 Å². The van der Waals surface area contributed by atoms with Gasteiger partial charge < -0.3 is 10.4 Å². The minimum atomic E-state index is -0.453. The van der Waals surface area contributed by atoms with Crippen LogP contribution in [0.3, 0.4) is 0 Å². The first-order chi connectivity index (χ1) is 7.69. The molecule has 16 heavy (non-hydrogen) atoms. The molecule has 0 aromatic heterocycles. The van der Waals surface area contributed by atoms with E-state index < -0.39 is 6.10 Å². The molecule has 0 bridgehead atoms. The fourth-order valence-electron chi connectivity index (χ4n) is 1.71. The van der Waals surface area contributed by atoms with Crippen molar-refractivity contribution in [2.75, 3.05) is 6.54 Å². The van der Waals surface area contributed by atoms with E-state index in [4.69, 9.17) is 0 Å². The number of hydrogen-bond donors (Lipinski definition) is 2. The Morgan fingerprint density at radius 3 is 2.50 bits per heavy atom. The van der Waals surface area contributed by atoms with Gasteiger partial charge in [0.1, 0.15) is 0 Å². The fourth-order valence-corrected chi connectivity index (χ4v) is 1.71. The molecular formula is C14H21NO. The van der Waals surface area contributed by atoms with Crippen LogP contribution in [-0.2, 0) is 0 Å². The highest BCUT2D eigenvalue weighted by Crippen LogP contribution is 2.19. The third kappa shape index (κ3) is 3.47. The molecule has 0 aliphatic carbocycles. The second kappa shape index (κ2) is 6.46. The predicted octanol–water partition coefficient (Wildman–Crippen LogP) is 2.58. The van der Waals surface area contributed by atoms with E-state index >= 15 is 0 Å². The van der Waals surface area contributed by atoms with Gasteiger partial charge in [-0.25, -0.2) is 0 Å². The van der Waals surface area contributed by atoms with Gasteiger partial charge >= 0.3 is 0 Å². The monoisotopic (exact) mass is 219 g/mol. The minimum Gasteiger partial charge on any atom is -0.387 e. The summed E-state index contributed by atoms with van der Waals surface area (Å²) >= 11 is 0. The fraction of sp³-hybridized carbons (Fsp3) is 0.429. The van der Waals surface area contributed by atoms with Crippen LogP contribution in [-0.4, -0.2) is 17.7 Å². The summed E-state index contributed by atoms with van der Waals surface area (Å²) in [7, 11) is 0. The van der Waals surface area contributed by atoms with Crippen molar-refractivity contribution in [3.05, 3.63) is 48.0 Å². The van der Waals surface area contributed by atoms with E-state index in [2.05, 4.69) is 18.8 Å². The summed E-state index contributed by atoms with van der Waals surface area (Å²) in [5.74, 6) is 0. The molecule has 2 heteroatoms. The molecule has 2 nitrogen and oxygen atoms in total. The molecule has 2 unspecified atom stereocenters. The lowest BCUT2D eigenvalue weighted by Crippen LogP contribution is -2.34. The molecule has 0 heterocycles. The van der Waals surface area contributed by atoms with Crippen LogP contribution in [0.2, 0.25) is 0 Å². The molecule has 0 aliphatic heterocycles. The van der Waals surface area contributed by atoms with E-state index in [0.717, 1.165) is 18.5 Å². The average molecular weight is 219 g/mol. The van der Waals surface area contributed by atoms with Crippen LogP contribution in [0.1, 0.15) is 30.6 Å². The van der Waals surface area contributed by atoms with Gasteiger partial charge in [-0.15, -0.1) is 6.58 Å². The van der Waals surface area contributed by atoms with E-state index in [1.807, 2.05) is 37.3 Å². The summed E-state index contributed by atoms with van der Waals surface area (Å²) in [6.45, 7) is 8.50.